The van der Waals surface area contributed by atoms with Crippen molar-refractivity contribution in [3.63, 3.8) is 0 Å². The number of rotatable bonds is 7. The molecule has 0 aromatic heterocycles. The summed E-state index contributed by atoms with van der Waals surface area (Å²) in [7, 11) is -2.31. The van der Waals surface area contributed by atoms with Crippen LogP contribution in [0, 0.1) is 0 Å². The molecular weight excluding hydrogens is 308 g/mol. The molecule has 7 nitrogen and oxygen atoms in total. The number of aliphatic carboxylic acids is 1. The van der Waals surface area contributed by atoms with Crippen LogP contribution in [0.3, 0.4) is 0 Å². The van der Waals surface area contributed by atoms with Gasteiger partial charge in [-0.05, 0) is 12.8 Å². The molecule has 1 amide bonds. The van der Waals surface area contributed by atoms with Gasteiger partial charge in [-0.1, -0.05) is 33.1 Å². The van der Waals surface area contributed by atoms with Gasteiger partial charge in [0, 0.05) is 20.1 Å². The second-order valence-corrected chi connectivity index (χ2v) is 7.66. The van der Waals surface area contributed by atoms with Crippen molar-refractivity contribution in [2.75, 3.05) is 25.9 Å². The molecule has 8 heteroatoms. The summed E-state index contributed by atoms with van der Waals surface area (Å²) in [6, 6.07) is 0. The van der Waals surface area contributed by atoms with Crippen molar-refractivity contribution in [1.82, 2.24) is 9.21 Å². The Morgan fingerprint density at radius 2 is 1.59 bits per heavy atom. The van der Waals surface area contributed by atoms with E-state index in [1.807, 2.05) is 0 Å². The zero-order chi connectivity index (χ0) is 17.0. The SMILES string of the molecule is CCN(CC)S(=O)(=O)CC(=O)N(C)C1(C(=O)O)CCCCC1. The predicted molar refractivity (Wildman–Crippen MR) is 82.9 cm³/mol. The second-order valence-electron chi connectivity index (χ2n) is 5.69. The van der Waals surface area contributed by atoms with Crippen molar-refractivity contribution < 1.29 is 23.1 Å². The van der Waals surface area contributed by atoms with E-state index in [0.717, 1.165) is 24.2 Å². The number of hydrogen-bond acceptors (Lipinski definition) is 4. The van der Waals surface area contributed by atoms with Gasteiger partial charge in [-0.3, -0.25) is 4.79 Å². The quantitative estimate of drug-likeness (QED) is 0.746. The minimum atomic E-state index is -3.71. The molecule has 0 aliphatic heterocycles. The van der Waals surface area contributed by atoms with Gasteiger partial charge >= 0.3 is 5.97 Å². The molecule has 0 spiro atoms. The second kappa shape index (κ2) is 7.41. The maximum atomic E-state index is 12.4. The Morgan fingerprint density at radius 1 is 1.09 bits per heavy atom. The van der Waals surface area contributed by atoms with Crippen LogP contribution in [-0.4, -0.2) is 66.0 Å². The normalized spacial score (nSPS) is 18.2. The zero-order valence-electron chi connectivity index (χ0n) is 13.5. The average Bonchev–Trinajstić information content (AvgIpc) is 2.47. The monoisotopic (exact) mass is 334 g/mol. The Balaban J connectivity index is 2.94. The smallest absolute Gasteiger partial charge is 0.329 e. The molecule has 1 rings (SSSR count). The van der Waals surface area contributed by atoms with E-state index >= 15 is 0 Å². The molecule has 0 atom stereocenters. The standard InChI is InChI=1S/C14H26N2O5S/c1-4-16(5-2)22(20,21)11-12(17)15(3)14(13(18)19)9-7-6-8-10-14/h4-11H2,1-3H3,(H,18,19). The van der Waals surface area contributed by atoms with Crippen molar-refractivity contribution in [2.45, 2.75) is 51.5 Å². The molecule has 0 aromatic carbocycles. The molecule has 1 aliphatic carbocycles. The van der Waals surface area contributed by atoms with Gasteiger partial charge in [-0.2, -0.15) is 0 Å². The van der Waals surface area contributed by atoms with Crippen molar-refractivity contribution in [1.29, 1.82) is 0 Å². The molecule has 1 fully saturated rings. The van der Waals surface area contributed by atoms with Crippen molar-refractivity contribution >= 4 is 21.9 Å². The molecule has 0 bridgehead atoms. The highest BCUT2D eigenvalue weighted by Crippen LogP contribution is 2.33. The Bertz CT molecular complexity index is 507. The third-order valence-corrected chi connectivity index (χ3v) is 6.41. The van der Waals surface area contributed by atoms with Crippen LogP contribution < -0.4 is 0 Å². The van der Waals surface area contributed by atoms with Gasteiger partial charge in [0.25, 0.3) is 0 Å². The molecule has 0 radical (unpaired) electrons. The Labute approximate surface area is 132 Å². The van der Waals surface area contributed by atoms with E-state index in [2.05, 4.69) is 0 Å². The van der Waals surface area contributed by atoms with Gasteiger partial charge in [-0.15, -0.1) is 0 Å². The first-order chi connectivity index (χ1) is 10.2. The first-order valence-electron chi connectivity index (χ1n) is 7.69. The number of likely N-dealkylation sites (N-methyl/N-ethyl adjacent to an activating group) is 1. The average molecular weight is 334 g/mol. The van der Waals surface area contributed by atoms with E-state index in [1.54, 1.807) is 13.8 Å². The molecule has 1 N–H and O–H groups in total. The van der Waals surface area contributed by atoms with E-state index in [-0.39, 0.29) is 0 Å². The van der Waals surface area contributed by atoms with Gasteiger partial charge in [0.1, 0.15) is 11.3 Å². The molecule has 1 saturated carbocycles. The summed E-state index contributed by atoms with van der Waals surface area (Å²) < 4.78 is 25.6. The van der Waals surface area contributed by atoms with Crippen LogP contribution in [0.1, 0.15) is 46.0 Å². The maximum Gasteiger partial charge on any atom is 0.329 e. The molecule has 0 unspecified atom stereocenters. The number of nitrogens with zero attached hydrogens (tertiary/aromatic N) is 2. The van der Waals surface area contributed by atoms with Crippen LogP contribution in [0.15, 0.2) is 0 Å². The zero-order valence-corrected chi connectivity index (χ0v) is 14.4. The Hall–Kier alpha value is -1.15. The lowest BCUT2D eigenvalue weighted by molar-refractivity contribution is -0.159. The summed E-state index contributed by atoms with van der Waals surface area (Å²) in [5.41, 5.74) is -1.27. The topological polar surface area (TPSA) is 95.0 Å². The van der Waals surface area contributed by atoms with Crippen LogP contribution in [0.4, 0.5) is 0 Å². The van der Waals surface area contributed by atoms with Crippen molar-refractivity contribution in [3.05, 3.63) is 0 Å². The largest absolute Gasteiger partial charge is 0.479 e. The first kappa shape index (κ1) is 18.9. The highest BCUT2D eigenvalue weighted by molar-refractivity contribution is 7.89. The van der Waals surface area contributed by atoms with Gasteiger partial charge in [0.2, 0.25) is 15.9 Å². The fourth-order valence-corrected chi connectivity index (χ4v) is 4.50. The van der Waals surface area contributed by atoms with Crippen LogP contribution in [0.5, 0.6) is 0 Å². The van der Waals surface area contributed by atoms with Crippen molar-refractivity contribution in [2.24, 2.45) is 0 Å². The fraction of sp³-hybridized carbons (Fsp3) is 0.857. The molecule has 0 aromatic rings. The summed E-state index contributed by atoms with van der Waals surface area (Å²) in [6.07, 6.45) is 3.14. The number of hydrogen-bond donors (Lipinski definition) is 1. The summed E-state index contributed by atoms with van der Waals surface area (Å²) in [6.45, 7) is 3.99. The number of carbonyl (C=O) groups is 2. The predicted octanol–water partition coefficient (Wildman–Crippen LogP) is 0.904. The lowest BCUT2D eigenvalue weighted by Crippen LogP contribution is -2.57. The van der Waals surface area contributed by atoms with Gasteiger partial charge in [0.05, 0.1) is 0 Å². The van der Waals surface area contributed by atoms with E-state index < -0.39 is 33.2 Å². The van der Waals surface area contributed by atoms with Crippen LogP contribution in [-0.2, 0) is 19.6 Å². The Kier molecular flexibility index (Phi) is 6.37. The van der Waals surface area contributed by atoms with Gasteiger partial charge in [0.15, 0.2) is 0 Å². The number of carboxylic acids is 1. The Morgan fingerprint density at radius 3 is 2.00 bits per heavy atom. The summed E-state index contributed by atoms with van der Waals surface area (Å²) in [5, 5.41) is 9.55. The fourth-order valence-electron chi connectivity index (χ4n) is 3.03. The van der Waals surface area contributed by atoms with Crippen LogP contribution in [0.25, 0.3) is 0 Å². The third kappa shape index (κ3) is 3.78. The summed E-state index contributed by atoms with van der Waals surface area (Å²) in [4.78, 5) is 25.2. The highest BCUT2D eigenvalue weighted by Gasteiger charge is 2.46. The van der Waals surface area contributed by atoms with Crippen LogP contribution >= 0.6 is 0 Å². The van der Waals surface area contributed by atoms with E-state index in [1.165, 1.54) is 11.4 Å². The van der Waals surface area contributed by atoms with E-state index in [0.29, 0.717) is 25.9 Å². The van der Waals surface area contributed by atoms with Crippen molar-refractivity contribution in [3.8, 4) is 0 Å². The first-order valence-corrected chi connectivity index (χ1v) is 9.30. The molecular formula is C14H26N2O5S. The van der Waals surface area contributed by atoms with Crippen LogP contribution in [0.2, 0.25) is 0 Å². The number of amides is 1. The third-order valence-electron chi connectivity index (χ3n) is 4.50. The number of sulfonamides is 1. The summed E-state index contributed by atoms with van der Waals surface area (Å²) in [5.74, 6) is -2.39. The highest BCUT2D eigenvalue weighted by atomic mass is 32.2. The van der Waals surface area contributed by atoms with E-state index in [9.17, 15) is 23.1 Å². The molecule has 0 saturated heterocycles. The van der Waals surface area contributed by atoms with E-state index in [4.69, 9.17) is 0 Å². The van der Waals surface area contributed by atoms with Gasteiger partial charge < -0.3 is 10.0 Å². The van der Waals surface area contributed by atoms with Gasteiger partial charge in [-0.25, -0.2) is 17.5 Å². The number of carboxylic acid groups (broad SMARTS) is 1. The summed E-state index contributed by atoms with van der Waals surface area (Å²) >= 11 is 0. The lowest BCUT2D eigenvalue weighted by Gasteiger charge is -2.41. The maximum absolute atomic E-state index is 12.4. The molecule has 22 heavy (non-hydrogen) atoms. The lowest BCUT2D eigenvalue weighted by atomic mass is 9.80. The minimum Gasteiger partial charge on any atom is -0.479 e. The number of carbonyl (C=O) groups excluding carboxylic acids is 1. The molecule has 1 aliphatic rings. The molecule has 0 heterocycles. The molecule has 128 valence electrons. The minimum absolute atomic E-state index is 0.292.